The van der Waals surface area contributed by atoms with Crippen LogP contribution in [0.2, 0.25) is 0 Å². The third kappa shape index (κ3) is 3.21. The molecular formula is C17H20N2OS2. The van der Waals surface area contributed by atoms with E-state index < -0.39 is 0 Å². The van der Waals surface area contributed by atoms with E-state index in [1.54, 1.807) is 11.8 Å². The first kappa shape index (κ1) is 15.6. The van der Waals surface area contributed by atoms with Crippen molar-refractivity contribution in [2.24, 2.45) is 0 Å². The lowest BCUT2D eigenvalue weighted by Gasteiger charge is -2.31. The molecule has 0 saturated heterocycles. The number of benzene rings is 1. The van der Waals surface area contributed by atoms with Gasteiger partial charge in [0, 0.05) is 22.9 Å². The maximum atomic E-state index is 12.6. The van der Waals surface area contributed by atoms with Crippen molar-refractivity contribution in [3.8, 4) is 0 Å². The Labute approximate surface area is 139 Å². The second kappa shape index (κ2) is 6.86. The van der Waals surface area contributed by atoms with Crippen LogP contribution in [-0.4, -0.2) is 29.6 Å². The van der Waals surface area contributed by atoms with Gasteiger partial charge in [0.2, 0.25) is 5.91 Å². The third-order valence-electron chi connectivity index (χ3n) is 4.13. The fourth-order valence-electron chi connectivity index (χ4n) is 2.75. The molecule has 0 radical (unpaired) electrons. The Hall–Kier alpha value is -1.30. The molecule has 1 N–H and O–H groups in total. The van der Waals surface area contributed by atoms with E-state index in [9.17, 15) is 4.79 Å². The van der Waals surface area contributed by atoms with E-state index in [1.165, 1.54) is 10.4 Å². The average Bonchev–Trinajstić information content (AvgIpc) is 3.02. The minimum absolute atomic E-state index is 0.0696. The van der Waals surface area contributed by atoms with E-state index in [0.717, 1.165) is 30.1 Å². The molecule has 1 aromatic carbocycles. The number of nitrogens with one attached hydrogen (secondary N) is 1. The number of thiophene rings is 1. The first-order valence-electron chi connectivity index (χ1n) is 7.42. The molecule has 2 aromatic rings. The summed E-state index contributed by atoms with van der Waals surface area (Å²) in [6, 6.07) is 10.0. The summed E-state index contributed by atoms with van der Waals surface area (Å²) in [5.74, 6) is 0.0696. The Morgan fingerprint density at radius 2 is 2.18 bits per heavy atom. The van der Waals surface area contributed by atoms with Crippen LogP contribution in [0.25, 0.3) is 0 Å². The number of anilines is 1. The molecule has 1 aliphatic rings. The second-order valence-corrected chi connectivity index (χ2v) is 7.30. The molecular weight excluding hydrogens is 312 g/mol. The van der Waals surface area contributed by atoms with Crippen molar-refractivity contribution in [1.82, 2.24) is 4.90 Å². The normalized spacial score (nSPS) is 16.1. The number of hydrogen-bond donors (Lipinski definition) is 1. The van der Waals surface area contributed by atoms with Gasteiger partial charge in [-0.1, -0.05) is 12.1 Å². The summed E-state index contributed by atoms with van der Waals surface area (Å²) < 4.78 is 0. The van der Waals surface area contributed by atoms with Gasteiger partial charge in [0.05, 0.1) is 11.7 Å². The molecule has 0 fully saturated rings. The Morgan fingerprint density at radius 1 is 1.36 bits per heavy atom. The average molecular weight is 332 g/mol. The number of hydrogen-bond acceptors (Lipinski definition) is 4. The predicted octanol–water partition coefficient (Wildman–Crippen LogP) is 3.86. The molecule has 3 rings (SSSR count). The zero-order valence-electron chi connectivity index (χ0n) is 12.8. The molecule has 0 bridgehead atoms. The summed E-state index contributed by atoms with van der Waals surface area (Å²) in [4.78, 5) is 17.4. The predicted molar refractivity (Wildman–Crippen MR) is 94.7 cm³/mol. The molecule has 3 nitrogen and oxygen atoms in total. The number of fused-ring (bicyclic) bond motifs is 1. The molecule has 0 aliphatic carbocycles. The molecule has 0 saturated carbocycles. The number of rotatable bonds is 4. The summed E-state index contributed by atoms with van der Waals surface area (Å²) in [6.07, 6.45) is 3.07. The van der Waals surface area contributed by atoms with Crippen molar-refractivity contribution < 1.29 is 4.79 Å². The van der Waals surface area contributed by atoms with E-state index in [4.69, 9.17) is 0 Å². The molecule has 2 heterocycles. The van der Waals surface area contributed by atoms with Crippen LogP contribution in [0.3, 0.4) is 0 Å². The molecule has 1 amide bonds. The standard InChI is InChI=1S/C17H20N2OS2/c1-12(19-9-7-15-13(11-19)8-10-22-15)17(20)18-14-5-3-4-6-16(14)21-2/h3-6,8,10,12H,7,9,11H2,1-2H3,(H,18,20). The lowest BCUT2D eigenvalue weighted by Crippen LogP contribution is -2.44. The minimum atomic E-state index is -0.122. The second-order valence-electron chi connectivity index (χ2n) is 5.45. The molecule has 116 valence electrons. The topological polar surface area (TPSA) is 32.3 Å². The van der Waals surface area contributed by atoms with Crippen molar-refractivity contribution in [3.63, 3.8) is 0 Å². The Balaban J connectivity index is 1.68. The lowest BCUT2D eigenvalue weighted by molar-refractivity contribution is -0.121. The highest BCUT2D eigenvalue weighted by Gasteiger charge is 2.26. The minimum Gasteiger partial charge on any atom is -0.324 e. The van der Waals surface area contributed by atoms with Crippen LogP contribution >= 0.6 is 23.1 Å². The maximum Gasteiger partial charge on any atom is 0.241 e. The van der Waals surface area contributed by atoms with Crippen molar-refractivity contribution in [2.75, 3.05) is 18.1 Å². The van der Waals surface area contributed by atoms with Gasteiger partial charge in [-0.05, 0) is 48.7 Å². The SMILES string of the molecule is CSc1ccccc1NC(=O)C(C)N1CCc2sccc2C1. The summed E-state index contributed by atoms with van der Waals surface area (Å²) in [5.41, 5.74) is 2.28. The Bertz CT molecular complexity index is 668. The van der Waals surface area contributed by atoms with Crippen molar-refractivity contribution in [1.29, 1.82) is 0 Å². The van der Waals surface area contributed by atoms with Crippen LogP contribution in [-0.2, 0) is 17.8 Å². The number of thioether (sulfide) groups is 1. The van der Waals surface area contributed by atoms with Gasteiger partial charge in [-0.25, -0.2) is 0 Å². The van der Waals surface area contributed by atoms with Crippen molar-refractivity contribution in [2.45, 2.75) is 30.8 Å². The highest BCUT2D eigenvalue weighted by atomic mass is 32.2. The smallest absolute Gasteiger partial charge is 0.241 e. The Kier molecular flexibility index (Phi) is 4.86. The van der Waals surface area contributed by atoms with Gasteiger partial charge in [0.1, 0.15) is 0 Å². The van der Waals surface area contributed by atoms with Crippen LogP contribution in [0.5, 0.6) is 0 Å². The van der Waals surface area contributed by atoms with Crippen LogP contribution in [0.1, 0.15) is 17.4 Å². The van der Waals surface area contributed by atoms with E-state index in [1.807, 2.05) is 48.8 Å². The molecule has 22 heavy (non-hydrogen) atoms. The number of para-hydroxylation sites is 1. The van der Waals surface area contributed by atoms with E-state index in [0.29, 0.717) is 0 Å². The molecule has 1 aromatic heterocycles. The summed E-state index contributed by atoms with van der Waals surface area (Å²) >= 11 is 3.47. The first-order valence-corrected chi connectivity index (χ1v) is 9.52. The van der Waals surface area contributed by atoms with Gasteiger partial charge in [0.25, 0.3) is 0 Å². The zero-order valence-corrected chi connectivity index (χ0v) is 14.5. The zero-order chi connectivity index (χ0) is 15.5. The fourth-order valence-corrected chi connectivity index (χ4v) is 4.20. The third-order valence-corrected chi connectivity index (χ3v) is 5.95. The molecule has 1 unspecified atom stereocenters. The van der Waals surface area contributed by atoms with Gasteiger partial charge in [0.15, 0.2) is 0 Å². The van der Waals surface area contributed by atoms with Crippen molar-refractivity contribution in [3.05, 3.63) is 46.2 Å². The molecule has 1 atom stereocenters. The largest absolute Gasteiger partial charge is 0.324 e. The van der Waals surface area contributed by atoms with Gasteiger partial charge in [-0.15, -0.1) is 23.1 Å². The van der Waals surface area contributed by atoms with Crippen LogP contribution in [0, 0.1) is 0 Å². The highest BCUT2D eigenvalue weighted by Crippen LogP contribution is 2.27. The number of carbonyl (C=O) groups is 1. The van der Waals surface area contributed by atoms with E-state index in [-0.39, 0.29) is 11.9 Å². The number of amides is 1. The number of nitrogens with zero attached hydrogens (tertiary/aromatic N) is 1. The van der Waals surface area contributed by atoms with Crippen LogP contribution < -0.4 is 5.32 Å². The lowest BCUT2D eigenvalue weighted by atomic mass is 10.1. The van der Waals surface area contributed by atoms with Gasteiger partial charge >= 0.3 is 0 Å². The summed E-state index contributed by atoms with van der Waals surface area (Å²) in [7, 11) is 0. The first-order chi connectivity index (χ1) is 10.7. The van der Waals surface area contributed by atoms with Gasteiger partial charge < -0.3 is 5.32 Å². The quantitative estimate of drug-likeness (QED) is 0.863. The molecule has 1 aliphatic heterocycles. The fraction of sp³-hybridized carbons (Fsp3) is 0.353. The molecule has 5 heteroatoms. The van der Waals surface area contributed by atoms with Crippen LogP contribution in [0.15, 0.2) is 40.6 Å². The Morgan fingerprint density at radius 3 is 3.00 bits per heavy atom. The van der Waals surface area contributed by atoms with Crippen molar-refractivity contribution >= 4 is 34.7 Å². The summed E-state index contributed by atoms with van der Waals surface area (Å²) in [6.45, 7) is 3.82. The van der Waals surface area contributed by atoms with Gasteiger partial charge in [-0.3, -0.25) is 9.69 Å². The van der Waals surface area contributed by atoms with Gasteiger partial charge in [-0.2, -0.15) is 0 Å². The highest BCUT2D eigenvalue weighted by molar-refractivity contribution is 7.98. The van der Waals surface area contributed by atoms with Crippen LogP contribution in [0.4, 0.5) is 5.69 Å². The van der Waals surface area contributed by atoms with E-state index in [2.05, 4.69) is 21.7 Å². The monoisotopic (exact) mass is 332 g/mol. The van der Waals surface area contributed by atoms with E-state index >= 15 is 0 Å². The summed E-state index contributed by atoms with van der Waals surface area (Å²) in [5, 5.41) is 5.22. The molecule has 0 spiro atoms. The number of carbonyl (C=O) groups excluding carboxylic acids is 1. The maximum absolute atomic E-state index is 12.6.